The fraction of sp³-hybridized carbons (Fsp3) is 0.600. The molecule has 0 bridgehead atoms. The van der Waals surface area contributed by atoms with Gasteiger partial charge in [-0.25, -0.2) is 4.99 Å². The highest BCUT2D eigenvalue weighted by atomic mass is 32.1. The van der Waals surface area contributed by atoms with Gasteiger partial charge in [0.15, 0.2) is 0 Å². The highest BCUT2D eigenvalue weighted by Gasteiger charge is 2.07. The van der Waals surface area contributed by atoms with Gasteiger partial charge in [-0.3, -0.25) is 0 Å². The van der Waals surface area contributed by atoms with E-state index in [1.807, 2.05) is 4.90 Å². The first-order valence-corrected chi connectivity index (χ1v) is 3.15. The molecule has 1 rings (SSSR count). The largest absolute Gasteiger partial charge is 0.395 e. The van der Waals surface area contributed by atoms with Crippen LogP contribution < -0.4 is 0 Å². The summed E-state index contributed by atoms with van der Waals surface area (Å²) in [4.78, 5) is 6.43. The van der Waals surface area contributed by atoms with Gasteiger partial charge in [0.05, 0.1) is 19.5 Å². The first-order chi connectivity index (χ1) is 4.33. The third-order valence-electron chi connectivity index (χ3n) is 1.09. The lowest BCUT2D eigenvalue weighted by atomic mass is 10.5. The Labute approximate surface area is 59.0 Å². The lowest BCUT2D eigenvalue weighted by Crippen LogP contribution is -2.24. The summed E-state index contributed by atoms with van der Waals surface area (Å²) in [6, 6.07) is 0. The molecule has 0 aromatic carbocycles. The number of nitrogens with zero attached hydrogens (tertiary/aromatic N) is 2. The minimum absolute atomic E-state index is 0.161. The Balaban J connectivity index is 2.32. The van der Waals surface area contributed by atoms with E-state index in [4.69, 9.17) is 17.3 Å². The van der Waals surface area contributed by atoms with E-state index in [0.717, 1.165) is 0 Å². The quantitative estimate of drug-likeness (QED) is 0.538. The van der Waals surface area contributed by atoms with Crippen LogP contribution in [0.2, 0.25) is 0 Å². The van der Waals surface area contributed by atoms with Crippen LogP contribution in [0.25, 0.3) is 0 Å². The molecule has 1 heterocycles. The highest BCUT2D eigenvalue weighted by Crippen LogP contribution is 1.95. The number of thiocarbonyl (C=S) groups is 1. The van der Waals surface area contributed by atoms with E-state index in [-0.39, 0.29) is 6.61 Å². The van der Waals surface area contributed by atoms with E-state index < -0.39 is 0 Å². The van der Waals surface area contributed by atoms with Crippen molar-refractivity contribution in [2.24, 2.45) is 4.99 Å². The molecule has 0 aliphatic carbocycles. The topological polar surface area (TPSA) is 35.8 Å². The van der Waals surface area contributed by atoms with E-state index in [0.29, 0.717) is 18.1 Å². The van der Waals surface area contributed by atoms with Crippen molar-refractivity contribution in [1.29, 1.82) is 0 Å². The second-order valence-electron chi connectivity index (χ2n) is 1.83. The van der Waals surface area contributed by atoms with E-state index in [9.17, 15) is 0 Å². The molecule has 0 saturated heterocycles. The van der Waals surface area contributed by atoms with Gasteiger partial charge in [-0.1, -0.05) is 12.2 Å². The summed E-state index contributed by atoms with van der Waals surface area (Å²) >= 11 is 4.79. The molecule has 0 spiro atoms. The predicted molar refractivity (Wildman–Crippen MR) is 39.7 cm³/mol. The average Bonchev–Trinajstić information content (AvgIpc) is 2.17. The number of rotatable bonds is 2. The van der Waals surface area contributed by atoms with Gasteiger partial charge < -0.3 is 10.0 Å². The van der Waals surface area contributed by atoms with Crippen molar-refractivity contribution < 1.29 is 5.11 Å². The summed E-state index contributed by atoms with van der Waals surface area (Å²) in [6.45, 7) is 1.48. The van der Waals surface area contributed by atoms with Crippen LogP contribution in [-0.4, -0.2) is 41.0 Å². The molecule has 0 aromatic rings. The number of aliphatic hydroxyl groups is 1. The lowest BCUT2D eigenvalue weighted by molar-refractivity contribution is 0.263. The van der Waals surface area contributed by atoms with Gasteiger partial charge in [-0.05, 0) is 0 Å². The molecule has 0 amide bonds. The Kier molecular flexibility index (Phi) is 2.13. The van der Waals surface area contributed by atoms with Gasteiger partial charge in [0.1, 0.15) is 4.99 Å². The average molecular weight is 144 g/mol. The second kappa shape index (κ2) is 2.89. The van der Waals surface area contributed by atoms with Crippen LogP contribution in [0.3, 0.4) is 0 Å². The van der Waals surface area contributed by atoms with Crippen molar-refractivity contribution >= 4 is 23.5 Å². The van der Waals surface area contributed by atoms with Gasteiger partial charge >= 0.3 is 0 Å². The van der Waals surface area contributed by atoms with E-state index in [2.05, 4.69) is 4.99 Å². The van der Waals surface area contributed by atoms with E-state index >= 15 is 0 Å². The van der Waals surface area contributed by atoms with Crippen LogP contribution in [-0.2, 0) is 0 Å². The molecule has 0 saturated carbocycles. The molecule has 4 heteroatoms. The smallest absolute Gasteiger partial charge is 0.124 e. The summed E-state index contributed by atoms with van der Waals surface area (Å²) in [7, 11) is 0. The summed E-state index contributed by atoms with van der Waals surface area (Å²) in [5.74, 6) is 0. The monoisotopic (exact) mass is 144 g/mol. The molecule has 0 fully saturated rings. The number of β-amino-alcohol motifs (C(OH)–C–C–N with tert-alkyl or cyclic N) is 1. The van der Waals surface area contributed by atoms with Crippen LogP contribution in [0.1, 0.15) is 0 Å². The molecule has 9 heavy (non-hydrogen) atoms. The van der Waals surface area contributed by atoms with Crippen LogP contribution in [0.4, 0.5) is 0 Å². The molecule has 0 unspecified atom stereocenters. The summed E-state index contributed by atoms with van der Waals surface area (Å²) in [6.07, 6.45) is 1.67. The van der Waals surface area contributed by atoms with Crippen molar-refractivity contribution in [2.75, 3.05) is 19.7 Å². The van der Waals surface area contributed by atoms with Gasteiger partial charge in [0, 0.05) is 6.54 Å². The highest BCUT2D eigenvalue weighted by molar-refractivity contribution is 7.80. The third kappa shape index (κ3) is 1.73. The van der Waals surface area contributed by atoms with Gasteiger partial charge in [-0.2, -0.15) is 0 Å². The number of hydrogen-bond acceptors (Lipinski definition) is 3. The Morgan fingerprint density at radius 1 is 1.89 bits per heavy atom. The first kappa shape index (κ1) is 6.64. The number of aliphatic hydroxyl groups excluding tert-OH is 1. The van der Waals surface area contributed by atoms with Crippen LogP contribution >= 0.6 is 12.2 Å². The molecule has 50 valence electrons. The Morgan fingerprint density at radius 3 is 3.11 bits per heavy atom. The normalized spacial score (nSPS) is 17.4. The maximum atomic E-state index is 8.47. The SMILES string of the molecule is OCCN1C=NC(=S)C1. The van der Waals surface area contributed by atoms with Crippen LogP contribution in [0, 0.1) is 0 Å². The Bertz CT molecular complexity index is 146. The summed E-state index contributed by atoms with van der Waals surface area (Å²) in [5.41, 5.74) is 0. The molecule has 1 N–H and O–H groups in total. The Morgan fingerprint density at radius 2 is 2.67 bits per heavy atom. The van der Waals surface area contributed by atoms with E-state index in [1.165, 1.54) is 0 Å². The summed E-state index contributed by atoms with van der Waals surface area (Å²) < 4.78 is 0. The van der Waals surface area contributed by atoms with Crippen LogP contribution in [0.5, 0.6) is 0 Å². The summed E-state index contributed by atoms with van der Waals surface area (Å²) in [5, 5.41) is 8.47. The molecule has 3 nitrogen and oxygen atoms in total. The maximum absolute atomic E-state index is 8.47. The fourth-order valence-corrected chi connectivity index (χ4v) is 0.880. The maximum Gasteiger partial charge on any atom is 0.124 e. The number of hydrogen-bond donors (Lipinski definition) is 1. The van der Waals surface area contributed by atoms with Gasteiger partial charge in [0.25, 0.3) is 0 Å². The third-order valence-corrected chi connectivity index (χ3v) is 1.33. The zero-order chi connectivity index (χ0) is 6.69. The fourth-order valence-electron chi connectivity index (χ4n) is 0.667. The second-order valence-corrected chi connectivity index (χ2v) is 2.30. The zero-order valence-corrected chi connectivity index (χ0v) is 5.77. The van der Waals surface area contributed by atoms with Crippen molar-refractivity contribution in [3.05, 3.63) is 0 Å². The molecular formula is C5H8N2OS. The van der Waals surface area contributed by atoms with E-state index in [1.54, 1.807) is 6.34 Å². The zero-order valence-electron chi connectivity index (χ0n) is 4.95. The first-order valence-electron chi connectivity index (χ1n) is 2.75. The van der Waals surface area contributed by atoms with Crippen molar-refractivity contribution in [1.82, 2.24) is 4.90 Å². The minimum Gasteiger partial charge on any atom is -0.395 e. The predicted octanol–water partition coefficient (Wildman–Crippen LogP) is -0.350. The van der Waals surface area contributed by atoms with Crippen LogP contribution in [0.15, 0.2) is 4.99 Å². The van der Waals surface area contributed by atoms with Crippen molar-refractivity contribution in [3.63, 3.8) is 0 Å². The van der Waals surface area contributed by atoms with Crippen molar-refractivity contribution in [2.45, 2.75) is 0 Å². The molecule has 0 aromatic heterocycles. The molecule has 1 aliphatic heterocycles. The standard InChI is InChI=1S/C5H8N2OS/c8-2-1-7-3-5(9)6-4-7/h4,8H,1-3H2. The number of aliphatic imine (C=N–C) groups is 1. The van der Waals surface area contributed by atoms with Crippen molar-refractivity contribution in [3.8, 4) is 0 Å². The molecule has 0 atom stereocenters. The van der Waals surface area contributed by atoms with Gasteiger partial charge in [0.2, 0.25) is 0 Å². The molecule has 0 radical (unpaired) electrons. The Hall–Kier alpha value is -0.480. The minimum atomic E-state index is 0.161. The molecular weight excluding hydrogens is 136 g/mol. The van der Waals surface area contributed by atoms with Gasteiger partial charge in [-0.15, -0.1) is 0 Å². The molecule has 1 aliphatic rings. The lowest BCUT2D eigenvalue weighted by Gasteiger charge is -2.09.